The van der Waals surface area contributed by atoms with Crippen molar-refractivity contribution in [3.8, 4) is 0 Å². The fourth-order valence-electron chi connectivity index (χ4n) is 2.97. The largest absolute Gasteiger partial charge is 0.466 e. The van der Waals surface area contributed by atoms with Crippen molar-refractivity contribution >= 4 is 29.4 Å². The molecule has 0 radical (unpaired) electrons. The van der Waals surface area contributed by atoms with Crippen LogP contribution in [-0.2, 0) is 20.7 Å². The highest BCUT2D eigenvalue weighted by atomic mass is 32.2. The van der Waals surface area contributed by atoms with Gasteiger partial charge in [-0.3, -0.25) is 9.59 Å². The van der Waals surface area contributed by atoms with Crippen molar-refractivity contribution in [2.45, 2.75) is 31.7 Å². The van der Waals surface area contributed by atoms with Gasteiger partial charge in [0.15, 0.2) is 12.4 Å². The van der Waals surface area contributed by atoms with E-state index in [0.717, 1.165) is 12.0 Å². The normalized spacial score (nSPS) is 19.1. The number of ketones is 1. The summed E-state index contributed by atoms with van der Waals surface area (Å²) in [5, 5.41) is -0.368. The van der Waals surface area contributed by atoms with Gasteiger partial charge >= 0.3 is 5.97 Å². The Morgan fingerprint density at radius 1 is 1.22 bits per heavy atom. The Balaban J connectivity index is 1.63. The molecule has 3 rings (SSSR count). The number of carbonyl (C=O) groups is 3. The van der Waals surface area contributed by atoms with E-state index in [0.29, 0.717) is 17.1 Å². The molecule has 2 atom stereocenters. The Labute approximate surface area is 161 Å². The highest BCUT2D eigenvalue weighted by Gasteiger charge is 2.43. The third kappa shape index (κ3) is 4.24. The fraction of sp³-hybridized carbons (Fsp3) is 0.350. The number of carbonyl (C=O) groups excluding carboxylic acids is 3. The van der Waals surface area contributed by atoms with E-state index in [2.05, 4.69) is 0 Å². The standard InChI is InChI=1S/C20H21NO5S/c1-3-14-6-8-15(9-7-14)17(23)11-26-20(24)16-12-27-19(21(16)13(2)22)18-5-4-10-25-18/h4-10,16,19H,3,11-12H2,1-2H3/t16-,19+/m1/s1. The molecule has 0 spiro atoms. The summed E-state index contributed by atoms with van der Waals surface area (Å²) in [7, 11) is 0. The van der Waals surface area contributed by atoms with Crippen LogP contribution in [0.4, 0.5) is 0 Å². The first-order chi connectivity index (χ1) is 13.0. The predicted molar refractivity (Wildman–Crippen MR) is 101 cm³/mol. The number of benzene rings is 1. The summed E-state index contributed by atoms with van der Waals surface area (Å²) < 4.78 is 10.6. The van der Waals surface area contributed by atoms with E-state index in [1.165, 1.54) is 29.8 Å². The molecule has 1 aliphatic rings. The van der Waals surface area contributed by atoms with Gasteiger partial charge in [0, 0.05) is 18.2 Å². The Morgan fingerprint density at radius 2 is 1.96 bits per heavy atom. The second-order valence-electron chi connectivity index (χ2n) is 6.22. The number of aryl methyl sites for hydroxylation is 1. The maximum atomic E-state index is 12.5. The lowest BCUT2D eigenvalue weighted by Crippen LogP contribution is -2.43. The molecule has 1 amide bonds. The summed E-state index contributed by atoms with van der Waals surface area (Å²) in [5.41, 5.74) is 1.63. The van der Waals surface area contributed by atoms with Gasteiger partial charge in [-0.1, -0.05) is 31.2 Å². The number of esters is 1. The second kappa shape index (κ2) is 8.43. The molecule has 1 aliphatic heterocycles. The topological polar surface area (TPSA) is 76.8 Å². The van der Waals surface area contributed by atoms with E-state index in [9.17, 15) is 14.4 Å². The number of rotatable bonds is 6. The van der Waals surface area contributed by atoms with Crippen molar-refractivity contribution in [3.05, 3.63) is 59.5 Å². The molecule has 7 heteroatoms. The van der Waals surface area contributed by atoms with Crippen molar-refractivity contribution in [1.82, 2.24) is 4.90 Å². The molecular weight excluding hydrogens is 366 g/mol. The van der Waals surface area contributed by atoms with Gasteiger partial charge in [0.2, 0.25) is 5.91 Å². The van der Waals surface area contributed by atoms with Gasteiger partial charge in [-0.05, 0) is 24.1 Å². The minimum atomic E-state index is -0.738. The fourth-order valence-corrected chi connectivity index (χ4v) is 4.38. The van der Waals surface area contributed by atoms with Gasteiger partial charge in [-0.2, -0.15) is 0 Å². The van der Waals surface area contributed by atoms with Crippen molar-refractivity contribution < 1.29 is 23.5 Å². The van der Waals surface area contributed by atoms with Crippen LogP contribution in [0, 0.1) is 0 Å². The lowest BCUT2D eigenvalue weighted by molar-refractivity contribution is -0.152. The molecule has 142 valence electrons. The van der Waals surface area contributed by atoms with E-state index >= 15 is 0 Å². The Kier molecular flexibility index (Phi) is 6.01. The average Bonchev–Trinajstić information content (AvgIpc) is 3.35. The van der Waals surface area contributed by atoms with E-state index in [4.69, 9.17) is 9.15 Å². The summed E-state index contributed by atoms with van der Waals surface area (Å²) in [5.74, 6) is -0.0929. The average molecular weight is 387 g/mol. The lowest BCUT2D eigenvalue weighted by Gasteiger charge is -2.25. The molecule has 0 N–H and O–H groups in total. The summed E-state index contributed by atoms with van der Waals surface area (Å²) in [6.07, 6.45) is 2.42. The van der Waals surface area contributed by atoms with Gasteiger partial charge in [0.25, 0.3) is 0 Å². The highest BCUT2D eigenvalue weighted by Crippen LogP contribution is 2.41. The number of nitrogens with zero attached hydrogens (tertiary/aromatic N) is 1. The first-order valence-corrected chi connectivity index (χ1v) is 9.78. The second-order valence-corrected chi connectivity index (χ2v) is 7.34. The zero-order chi connectivity index (χ0) is 19.4. The molecule has 27 heavy (non-hydrogen) atoms. The van der Waals surface area contributed by atoms with Crippen molar-refractivity contribution in [3.63, 3.8) is 0 Å². The first kappa shape index (κ1) is 19.2. The van der Waals surface area contributed by atoms with E-state index in [1.54, 1.807) is 24.3 Å². The maximum Gasteiger partial charge on any atom is 0.330 e. The van der Waals surface area contributed by atoms with Gasteiger partial charge in [0.05, 0.1) is 6.26 Å². The molecule has 1 fully saturated rings. The molecule has 1 aromatic heterocycles. The summed E-state index contributed by atoms with van der Waals surface area (Å²) in [6.45, 7) is 3.10. The number of thioether (sulfide) groups is 1. The van der Waals surface area contributed by atoms with E-state index in [1.807, 2.05) is 19.1 Å². The SMILES string of the molecule is CCc1ccc(C(=O)COC(=O)[C@H]2CS[C@@H](c3ccco3)N2C(C)=O)cc1. The van der Waals surface area contributed by atoms with E-state index < -0.39 is 12.0 Å². The molecule has 2 aromatic rings. The molecule has 0 unspecified atom stereocenters. The Morgan fingerprint density at radius 3 is 2.56 bits per heavy atom. The van der Waals surface area contributed by atoms with Crippen molar-refractivity contribution in [2.75, 3.05) is 12.4 Å². The number of hydrogen-bond donors (Lipinski definition) is 0. The van der Waals surface area contributed by atoms with Crippen LogP contribution in [-0.4, -0.2) is 41.0 Å². The number of furan rings is 1. The van der Waals surface area contributed by atoms with Crippen molar-refractivity contribution in [2.24, 2.45) is 0 Å². The zero-order valence-corrected chi connectivity index (χ0v) is 16.0. The number of hydrogen-bond acceptors (Lipinski definition) is 6. The quantitative estimate of drug-likeness (QED) is 0.559. The van der Waals surface area contributed by atoms with Crippen LogP contribution in [0.3, 0.4) is 0 Å². The molecule has 0 aliphatic carbocycles. The lowest BCUT2D eigenvalue weighted by atomic mass is 10.1. The Bertz CT molecular complexity index is 815. The van der Waals surface area contributed by atoms with Crippen molar-refractivity contribution in [1.29, 1.82) is 0 Å². The minimum absolute atomic E-state index is 0.246. The highest BCUT2D eigenvalue weighted by molar-refractivity contribution is 7.99. The summed E-state index contributed by atoms with van der Waals surface area (Å²) in [4.78, 5) is 38.3. The van der Waals surface area contributed by atoms with Crippen LogP contribution in [0.1, 0.15) is 40.9 Å². The number of Topliss-reactive ketones (excluding diaryl/α,β-unsaturated/α-hetero) is 1. The summed E-state index contributed by atoms with van der Waals surface area (Å²) >= 11 is 1.43. The van der Waals surface area contributed by atoms with Gasteiger partial charge in [-0.25, -0.2) is 4.79 Å². The monoisotopic (exact) mass is 387 g/mol. The molecule has 2 heterocycles. The summed E-state index contributed by atoms with van der Waals surface area (Å²) in [6, 6.07) is 10.00. The van der Waals surface area contributed by atoms with Gasteiger partial charge < -0.3 is 14.1 Å². The molecule has 1 aromatic carbocycles. The third-order valence-corrected chi connectivity index (χ3v) is 5.74. The minimum Gasteiger partial charge on any atom is -0.466 e. The Hall–Kier alpha value is -2.54. The molecular formula is C20H21NO5S. The van der Waals surface area contributed by atoms with Crippen LogP contribution < -0.4 is 0 Å². The third-order valence-electron chi connectivity index (χ3n) is 4.45. The zero-order valence-electron chi connectivity index (χ0n) is 15.2. The number of amides is 1. The van der Waals surface area contributed by atoms with Crippen LogP contribution in [0.2, 0.25) is 0 Å². The number of ether oxygens (including phenoxy) is 1. The molecule has 6 nitrogen and oxygen atoms in total. The van der Waals surface area contributed by atoms with Gasteiger partial charge in [-0.15, -0.1) is 11.8 Å². The van der Waals surface area contributed by atoms with Crippen LogP contribution in [0.5, 0.6) is 0 Å². The van der Waals surface area contributed by atoms with E-state index in [-0.39, 0.29) is 23.7 Å². The maximum absolute atomic E-state index is 12.5. The smallest absolute Gasteiger partial charge is 0.330 e. The molecule has 0 bridgehead atoms. The van der Waals surface area contributed by atoms with Crippen LogP contribution in [0.25, 0.3) is 0 Å². The predicted octanol–water partition coefficient (Wildman–Crippen LogP) is 3.23. The molecule has 0 saturated carbocycles. The van der Waals surface area contributed by atoms with Gasteiger partial charge in [0.1, 0.15) is 17.2 Å². The van der Waals surface area contributed by atoms with Crippen LogP contribution >= 0.6 is 11.8 Å². The van der Waals surface area contributed by atoms with Crippen LogP contribution in [0.15, 0.2) is 47.1 Å². The molecule has 1 saturated heterocycles. The first-order valence-electron chi connectivity index (χ1n) is 8.74.